The lowest BCUT2D eigenvalue weighted by atomic mass is 10.1. The second kappa shape index (κ2) is 6.96. The average molecular weight is 365 g/mol. The van der Waals surface area contributed by atoms with Crippen LogP contribution in [0.5, 0.6) is 0 Å². The van der Waals surface area contributed by atoms with Gasteiger partial charge in [0.25, 0.3) is 5.91 Å². The Bertz CT molecular complexity index is 956. The van der Waals surface area contributed by atoms with Crippen LogP contribution in [0.3, 0.4) is 0 Å². The summed E-state index contributed by atoms with van der Waals surface area (Å²) in [4.78, 5) is 23.4. The van der Waals surface area contributed by atoms with E-state index in [1.54, 1.807) is 25.4 Å². The number of carbonyl (C=O) groups excluding carboxylic acids is 1. The molecule has 27 heavy (non-hydrogen) atoms. The van der Waals surface area contributed by atoms with Crippen LogP contribution in [-0.2, 0) is 0 Å². The molecular formula is C19H23N7O. The van der Waals surface area contributed by atoms with Gasteiger partial charge in [-0.1, -0.05) is 12.1 Å². The summed E-state index contributed by atoms with van der Waals surface area (Å²) in [5, 5.41) is 13.5. The van der Waals surface area contributed by atoms with Crippen molar-refractivity contribution in [2.24, 2.45) is 0 Å². The van der Waals surface area contributed by atoms with Crippen LogP contribution in [0.1, 0.15) is 24.2 Å². The average Bonchev–Trinajstić information content (AvgIpc) is 3.11. The van der Waals surface area contributed by atoms with Gasteiger partial charge in [-0.05, 0) is 26.0 Å². The van der Waals surface area contributed by atoms with E-state index in [1.165, 1.54) is 0 Å². The number of fused-ring (bicyclic) bond motifs is 1. The Kier molecular flexibility index (Phi) is 4.49. The van der Waals surface area contributed by atoms with Gasteiger partial charge in [-0.25, -0.2) is 9.97 Å². The van der Waals surface area contributed by atoms with Gasteiger partial charge in [0.15, 0.2) is 0 Å². The highest BCUT2D eigenvalue weighted by Gasteiger charge is 2.27. The number of carbonyl (C=O) groups is 1. The standard InChI is InChI=1S/C19H23N7O/c1-11-8-21-9-12(2)26(11)19-22-10-15-17(23-19)16(25-24-15)13-4-6-14(7-5-13)18(27)20-3/h4-7,10-12,21H,8-9H2,1-3H3,(H,20,27)(H,24,25)/t11-,12+. The van der Waals surface area contributed by atoms with Crippen molar-refractivity contribution in [3.05, 3.63) is 36.0 Å². The third kappa shape index (κ3) is 3.12. The predicted molar refractivity (Wildman–Crippen MR) is 105 cm³/mol. The quantitative estimate of drug-likeness (QED) is 0.652. The van der Waals surface area contributed by atoms with Crippen molar-refractivity contribution in [3.8, 4) is 11.3 Å². The normalized spacial score (nSPS) is 20.0. The molecule has 3 heterocycles. The van der Waals surface area contributed by atoms with Gasteiger partial charge in [0.1, 0.15) is 16.7 Å². The smallest absolute Gasteiger partial charge is 0.251 e. The van der Waals surface area contributed by atoms with Crippen LogP contribution >= 0.6 is 0 Å². The van der Waals surface area contributed by atoms with Crippen LogP contribution in [-0.4, -0.2) is 58.3 Å². The molecule has 0 aliphatic carbocycles. The van der Waals surface area contributed by atoms with Crippen molar-refractivity contribution in [1.29, 1.82) is 0 Å². The molecule has 8 heteroatoms. The maximum absolute atomic E-state index is 11.7. The molecule has 4 rings (SSSR count). The molecular weight excluding hydrogens is 342 g/mol. The number of hydrogen-bond acceptors (Lipinski definition) is 6. The first-order chi connectivity index (χ1) is 13.1. The fourth-order valence-electron chi connectivity index (χ4n) is 3.58. The molecule has 3 N–H and O–H groups in total. The topological polar surface area (TPSA) is 98.8 Å². The van der Waals surface area contributed by atoms with Gasteiger partial charge in [-0.2, -0.15) is 5.10 Å². The zero-order valence-corrected chi connectivity index (χ0v) is 15.7. The van der Waals surface area contributed by atoms with Crippen molar-refractivity contribution in [3.63, 3.8) is 0 Å². The van der Waals surface area contributed by atoms with E-state index in [2.05, 4.69) is 44.6 Å². The number of anilines is 1. The largest absolute Gasteiger partial charge is 0.355 e. The lowest BCUT2D eigenvalue weighted by Gasteiger charge is -2.39. The Morgan fingerprint density at radius 3 is 2.56 bits per heavy atom. The molecule has 0 unspecified atom stereocenters. The van der Waals surface area contributed by atoms with Gasteiger partial charge in [-0.3, -0.25) is 9.89 Å². The monoisotopic (exact) mass is 365 g/mol. The van der Waals surface area contributed by atoms with E-state index in [9.17, 15) is 4.79 Å². The minimum atomic E-state index is -0.111. The summed E-state index contributed by atoms with van der Waals surface area (Å²) < 4.78 is 0. The van der Waals surface area contributed by atoms with E-state index in [4.69, 9.17) is 4.98 Å². The van der Waals surface area contributed by atoms with E-state index in [0.29, 0.717) is 23.6 Å². The van der Waals surface area contributed by atoms with E-state index < -0.39 is 0 Å². The number of nitrogens with one attached hydrogen (secondary N) is 3. The minimum Gasteiger partial charge on any atom is -0.355 e. The van der Waals surface area contributed by atoms with Crippen molar-refractivity contribution in [2.75, 3.05) is 25.0 Å². The molecule has 1 amide bonds. The molecule has 0 spiro atoms. The minimum absolute atomic E-state index is 0.111. The summed E-state index contributed by atoms with van der Waals surface area (Å²) >= 11 is 0. The molecule has 3 aromatic rings. The van der Waals surface area contributed by atoms with Crippen molar-refractivity contribution >= 4 is 22.9 Å². The second-order valence-electron chi connectivity index (χ2n) is 6.92. The van der Waals surface area contributed by atoms with Crippen LogP contribution in [0, 0.1) is 0 Å². The Balaban J connectivity index is 1.73. The molecule has 2 aromatic heterocycles. The fourth-order valence-corrected chi connectivity index (χ4v) is 3.58. The van der Waals surface area contributed by atoms with Crippen LogP contribution in [0.25, 0.3) is 22.3 Å². The maximum atomic E-state index is 11.7. The number of aromatic amines is 1. The molecule has 1 saturated heterocycles. The summed E-state index contributed by atoms with van der Waals surface area (Å²) in [7, 11) is 1.62. The zero-order chi connectivity index (χ0) is 19.0. The van der Waals surface area contributed by atoms with Crippen LogP contribution in [0.4, 0.5) is 5.95 Å². The van der Waals surface area contributed by atoms with Crippen LogP contribution in [0.15, 0.2) is 30.5 Å². The molecule has 1 aliphatic heterocycles. The van der Waals surface area contributed by atoms with Gasteiger partial charge >= 0.3 is 0 Å². The van der Waals surface area contributed by atoms with Gasteiger partial charge in [-0.15, -0.1) is 0 Å². The third-order valence-electron chi connectivity index (χ3n) is 5.00. The van der Waals surface area contributed by atoms with E-state index in [0.717, 1.165) is 35.4 Å². The number of H-pyrrole nitrogens is 1. The highest BCUT2D eigenvalue weighted by atomic mass is 16.1. The fraction of sp³-hybridized carbons (Fsp3) is 0.368. The van der Waals surface area contributed by atoms with E-state index in [-0.39, 0.29) is 5.91 Å². The number of rotatable bonds is 3. The highest BCUT2D eigenvalue weighted by Crippen LogP contribution is 2.27. The molecule has 8 nitrogen and oxygen atoms in total. The van der Waals surface area contributed by atoms with Crippen molar-refractivity contribution in [1.82, 2.24) is 30.8 Å². The summed E-state index contributed by atoms with van der Waals surface area (Å²) in [6.45, 7) is 6.16. The number of piperazine rings is 1. The SMILES string of the molecule is CNC(=O)c1ccc(-c2n[nH]c3cnc(N4[C@H](C)CNC[C@@H]4C)nc23)cc1. The first-order valence-corrected chi connectivity index (χ1v) is 9.11. The van der Waals surface area contributed by atoms with Gasteiger partial charge in [0.05, 0.1) is 6.20 Å². The first kappa shape index (κ1) is 17.4. The number of amides is 1. The van der Waals surface area contributed by atoms with Gasteiger partial charge in [0, 0.05) is 43.3 Å². The van der Waals surface area contributed by atoms with Gasteiger partial charge < -0.3 is 15.5 Å². The van der Waals surface area contributed by atoms with Crippen molar-refractivity contribution < 1.29 is 4.79 Å². The molecule has 1 aliphatic rings. The molecule has 1 fully saturated rings. The summed E-state index contributed by atoms with van der Waals surface area (Å²) in [6, 6.07) is 7.98. The number of aromatic nitrogens is 4. The molecule has 0 saturated carbocycles. The molecule has 1 aromatic carbocycles. The maximum Gasteiger partial charge on any atom is 0.251 e. The Hall–Kier alpha value is -3.00. The lowest BCUT2D eigenvalue weighted by molar-refractivity contribution is 0.0963. The number of benzene rings is 1. The summed E-state index contributed by atoms with van der Waals surface area (Å²) in [6.07, 6.45) is 1.79. The van der Waals surface area contributed by atoms with E-state index >= 15 is 0 Å². The van der Waals surface area contributed by atoms with Gasteiger partial charge in [0.2, 0.25) is 5.95 Å². The zero-order valence-electron chi connectivity index (χ0n) is 15.7. The van der Waals surface area contributed by atoms with Crippen molar-refractivity contribution in [2.45, 2.75) is 25.9 Å². The molecule has 140 valence electrons. The third-order valence-corrected chi connectivity index (χ3v) is 5.00. The predicted octanol–water partition coefficient (Wildman–Crippen LogP) is 1.57. The van der Waals surface area contributed by atoms with E-state index in [1.807, 2.05) is 12.1 Å². The Morgan fingerprint density at radius 2 is 1.89 bits per heavy atom. The second-order valence-corrected chi connectivity index (χ2v) is 6.92. The Morgan fingerprint density at radius 1 is 1.19 bits per heavy atom. The molecule has 2 atom stereocenters. The summed E-state index contributed by atoms with van der Waals surface area (Å²) in [5.41, 5.74) is 3.84. The number of hydrogen-bond donors (Lipinski definition) is 3. The number of nitrogens with zero attached hydrogens (tertiary/aromatic N) is 4. The molecule has 0 radical (unpaired) electrons. The van der Waals surface area contributed by atoms with Crippen LogP contribution in [0.2, 0.25) is 0 Å². The first-order valence-electron chi connectivity index (χ1n) is 9.11. The Labute approximate surface area is 157 Å². The lowest BCUT2D eigenvalue weighted by Crippen LogP contribution is -2.55. The summed E-state index contributed by atoms with van der Waals surface area (Å²) in [5.74, 6) is 0.605. The van der Waals surface area contributed by atoms with Crippen LogP contribution < -0.4 is 15.5 Å². The molecule has 0 bridgehead atoms. The highest BCUT2D eigenvalue weighted by molar-refractivity contribution is 5.95.